The summed E-state index contributed by atoms with van der Waals surface area (Å²) in [6.45, 7) is 6.16. The van der Waals surface area contributed by atoms with Crippen LogP contribution in [-0.4, -0.2) is 35.6 Å². The zero-order chi connectivity index (χ0) is 20.5. The minimum Gasteiger partial charge on any atom is -0.306 e. The van der Waals surface area contributed by atoms with Gasteiger partial charge < -0.3 is 10.6 Å². The number of rotatable bonds is 4. The number of hydrogen-bond acceptors (Lipinski definition) is 5. The van der Waals surface area contributed by atoms with Gasteiger partial charge >= 0.3 is 6.03 Å². The molecule has 0 unspecified atom stereocenters. The van der Waals surface area contributed by atoms with Crippen LogP contribution in [0.3, 0.4) is 0 Å². The third-order valence-electron chi connectivity index (χ3n) is 4.33. The van der Waals surface area contributed by atoms with E-state index in [9.17, 15) is 4.79 Å². The Morgan fingerprint density at radius 3 is 2.55 bits per heavy atom. The van der Waals surface area contributed by atoms with Crippen LogP contribution in [0.15, 0.2) is 43.1 Å². The van der Waals surface area contributed by atoms with Crippen LogP contribution in [0, 0.1) is 6.92 Å². The average molecular weight is 411 g/mol. The molecule has 4 aromatic heterocycles. The maximum absolute atomic E-state index is 12.6. The number of aromatic nitrogens is 6. The topological polar surface area (TPSA) is 102 Å². The van der Waals surface area contributed by atoms with Crippen LogP contribution in [0.4, 0.5) is 16.2 Å². The monoisotopic (exact) mass is 410 g/mol. The molecule has 0 bridgehead atoms. The SMILES string of the molecule is Cc1cc2c(C(C)C)c(NC(=O)Nc3cnc(-n4nccn4)c(Cl)c3)cnn2c1. The number of anilines is 2. The van der Waals surface area contributed by atoms with Crippen molar-refractivity contribution >= 4 is 34.5 Å². The number of amides is 2. The van der Waals surface area contributed by atoms with E-state index in [1.165, 1.54) is 23.4 Å². The summed E-state index contributed by atoms with van der Waals surface area (Å²) in [5, 5.41) is 18.3. The highest BCUT2D eigenvalue weighted by molar-refractivity contribution is 6.32. The molecule has 4 aromatic rings. The number of carbonyl (C=O) groups is 1. The number of carbonyl (C=O) groups excluding carboxylic acids is 1. The summed E-state index contributed by atoms with van der Waals surface area (Å²) in [4.78, 5) is 18.1. The third kappa shape index (κ3) is 3.77. The second kappa shape index (κ2) is 7.51. The van der Waals surface area contributed by atoms with Gasteiger partial charge in [-0.25, -0.2) is 14.3 Å². The first-order chi connectivity index (χ1) is 13.9. The molecule has 0 aliphatic heterocycles. The van der Waals surface area contributed by atoms with E-state index < -0.39 is 6.03 Å². The Bertz CT molecular complexity index is 1180. The second-order valence-corrected chi connectivity index (χ2v) is 7.31. The van der Waals surface area contributed by atoms with Crippen molar-refractivity contribution in [3.05, 3.63) is 59.3 Å². The van der Waals surface area contributed by atoms with Gasteiger partial charge in [-0.2, -0.15) is 15.3 Å². The van der Waals surface area contributed by atoms with E-state index in [2.05, 4.69) is 50.8 Å². The smallest absolute Gasteiger partial charge is 0.306 e. The standard InChI is InChI=1S/C19H19ClN8O/c1-11(2)17-15(9-24-27-10-12(3)6-16(17)27)26-19(29)25-13-7-14(20)18(21-8-13)28-22-4-5-23-28/h4-11H,1-3H3,(H2,25,26,29). The molecule has 148 valence electrons. The summed E-state index contributed by atoms with van der Waals surface area (Å²) < 4.78 is 1.82. The van der Waals surface area contributed by atoms with Crippen LogP contribution in [0.25, 0.3) is 11.3 Å². The summed E-state index contributed by atoms with van der Waals surface area (Å²) in [6.07, 6.45) is 8.15. The number of aryl methyl sites for hydroxylation is 1. The van der Waals surface area contributed by atoms with Gasteiger partial charge in [-0.1, -0.05) is 25.4 Å². The highest BCUT2D eigenvalue weighted by Crippen LogP contribution is 2.29. The molecule has 0 aliphatic carbocycles. The van der Waals surface area contributed by atoms with Crippen LogP contribution in [0.1, 0.15) is 30.9 Å². The molecule has 0 atom stereocenters. The van der Waals surface area contributed by atoms with Gasteiger partial charge in [-0.05, 0) is 30.5 Å². The molecule has 2 amide bonds. The normalized spacial score (nSPS) is 11.2. The molecule has 0 aromatic carbocycles. The lowest BCUT2D eigenvalue weighted by atomic mass is 10.0. The zero-order valence-electron chi connectivity index (χ0n) is 16.1. The summed E-state index contributed by atoms with van der Waals surface area (Å²) >= 11 is 6.25. The number of nitrogens with one attached hydrogen (secondary N) is 2. The van der Waals surface area contributed by atoms with Crippen molar-refractivity contribution in [3.63, 3.8) is 0 Å². The Kier molecular flexibility index (Phi) is 4.89. The van der Waals surface area contributed by atoms with E-state index in [0.29, 0.717) is 22.2 Å². The van der Waals surface area contributed by atoms with E-state index in [1.807, 2.05) is 17.6 Å². The first-order valence-corrected chi connectivity index (χ1v) is 9.38. The molecule has 9 nitrogen and oxygen atoms in total. The average Bonchev–Trinajstić information content (AvgIpc) is 3.30. The fourth-order valence-corrected chi connectivity index (χ4v) is 3.41. The number of pyridine rings is 1. The van der Waals surface area contributed by atoms with Gasteiger partial charge in [0.2, 0.25) is 0 Å². The maximum atomic E-state index is 12.6. The second-order valence-electron chi connectivity index (χ2n) is 6.90. The fourth-order valence-electron chi connectivity index (χ4n) is 3.17. The quantitative estimate of drug-likeness (QED) is 0.528. The van der Waals surface area contributed by atoms with Crippen LogP contribution in [-0.2, 0) is 0 Å². The molecule has 0 radical (unpaired) electrons. The fraction of sp³-hybridized carbons (Fsp3) is 0.211. The molecule has 0 spiro atoms. The van der Waals surface area contributed by atoms with Crippen molar-refractivity contribution in [2.75, 3.05) is 10.6 Å². The summed E-state index contributed by atoms with van der Waals surface area (Å²) in [7, 11) is 0. The van der Waals surface area contributed by atoms with E-state index in [4.69, 9.17) is 11.6 Å². The van der Waals surface area contributed by atoms with Gasteiger partial charge in [0.15, 0.2) is 5.82 Å². The Hall–Kier alpha value is -3.46. The first-order valence-electron chi connectivity index (χ1n) is 9.00. The summed E-state index contributed by atoms with van der Waals surface area (Å²) in [5.41, 5.74) is 4.19. The lowest BCUT2D eigenvalue weighted by Crippen LogP contribution is -2.21. The lowest BCUT2D eigenvalue weighted by molar-refractivity contribution is 0.262. The molecule has 0 aliphatic rings. The highest BCUT2D eigenvalue weighted by atomic mass is 35.5. The van der Waals surface area contributed by atoms with Gasteiger partial charge in [0.05, 0.1) is 46.7 Å². The van der Waals surface area contributed by atoms with E-state index >= 15 is 0 Å². The number of fused-ring (bicyclic) bond motifs is 1. The van der Waals surface area contributed by atoms with E-state index in [-0.39, 0.29) is 5.92 Å². The Labute approximate surface area is 171 Å². The van der Waals surface area contributed by atoms with Crippen LogP contribution >= 0.6 is 11.6 Å². The molecule has 0 saturated carbocycles. The van der Waals surface area contributed by atoms with Crippen molar-refractivity contribution in [3.8, 4) is 5.82 Å². The van der Waals surface area contributed by atoms with Gasteiger partial charge in [-0.15, -0.1) is 4.80 Å². The summed E-state index contributed by atoms with van der Waals surface area (Å²) in [6, 6.07) is 3.23. The largest absolute Gasteiger partial charge is 0.323 e. The van der Waals surface area contributed by atoms with Crippen molar-refractivity contribution in [1.82, 2.24) is 29.6 Å². The molecule has 10 heteroatoms. The van der Waals surface area contributed by atoms with Crippen molar-refractivity contribution in [1.29, 1.82) is 0 Å². The Balaban J connectivity index is 1.56. The van der Waals surface area contributed by atoms with Crippen LogP contribution < -0.4 is 10.6 Å². The number of urea groups is 1. The number of nitrogens with zero attached hydrogens (tertiary/aromatic N) is 6. The molecule has 4 rings (SSSR count). The Morgan fingerprint density at radius 1 is 1.10 bits per heavy atom. The van der Waals surface area contributed by atoms with Crippen LogP contribution in [0.5, 0.6) is 0 Å². The van der Waals surface area contributed by atoms with Gasteiger partial charge in [0.25, 0.3) is 0 Å². The van der Waals surface area contributed by atoms with Gasteiger partial charge in [0.1, 0.15) is 0 Å². The molecule has 4 heterocycles. The molecular weight excluding hydrogens is 392 g/mol. The van der Waals surface area contributed by atoms with Crippen molar-refractivity contribution < 1.29 is 4.79 Å². The minimum absolute atomic E-state index is 0.196. The number of halogens is 1. The molecule has 2 N–H and O–H groups in total. The van der Waals surface area contributed by atoms with Gasteiger partial charge in [-0.3, -0.25) is 0 Å². The number of hydrogen-bond donors (Lipinski definition) is 2. The first kappa shape index (κ1) is 18.9. The maximum Gasteiger partial charge on any atom is 0.323 e. The lowest BCUT2D eigenvalue weighted by Gasteiger charge is -2.15. The minimum atomic E-state index is -0.413. The van der Waals surface area contributed by atoms with Gasteiger partial charge in [0, 0.05) is 11.8 Å². The predicted octanol–water partition coefficient (Wildman–Crippen LogP) is 4.04. The van der Waals surface area contributed by atoms with Crippen molar-refractivity contribution in [2.45, 2.75) is 26.7 Å². The molecule has 0 saturated heterocycles. The molecular formula is C19H19ClN8O. The third-order valence-corrected chi connectivity index (χ3v) is 4.61. The highest BCUT2D eigenvalue weighted by Gasteiger charge is 2.16. The molecule has 0 fully saturated rings. The van der Waals surface area contributed by atoms with E-state index in [1.54, 1.807) is 12.3 Å². The van der Waals surface area contributed by atoms with Crippen molar-refractivity contribution in [2.24, 2.45) is 0 Å². The Morgan fingerprint density at radius 2 is 1.86 bits per heavy atom. The molecule has 29 heavy (non-hydrogen) atoms. The van der Waals surface area contributed by atoms with Crippen LogP contribution in [0.2, 0.25) is 5.02 Å². The summed E-state index contributed by atoms with van der Waals surface area (Å²) in [5.74, 6) is 0.574. The predicted molar refractivity (Wildman–Crippen MR) is 111 cm³/mol. The van der Waals surface area contributed by atoms with E-state index in [0.717, 1.165) is 16.6 Å². The zero-order valence-corrected chi connectivity index (χ0v) is 16.8.